The van der Waals surface area contributed by atoms with Crippen LogP contribution in [0.1, 0.15) is 23.0 Å². The van der Waals surface area contributed by atoms with Gasteiger partial charge in [0.1, 0.15) is 11.5 Å². The third-order valence-electron chi connectivity index (χ3n) is 3.95. The minimum absolute atomic E-state index is 0.182. The number of carbonyl (C=O) groups is 3. The molecule has 0 aliphatic carbocycles. The molecule has 0 saturated carbocycles. The van der Waals surface area contributed by atoms with Crippen LogP contribution in [0.5, 0.6) is 5.75 Å². The van der Waals surface area contributed by atoms with E-state index in [4.69, 9.17) is 9.15 Å². The summed E-state index contributed by atoms with van der Waals surface area (Å²) in [5.74, 6) is -1.32. The Hall–Kier alpha value is -4.40. The standard InChI is InChI=1S/C22H20N4O5/c1-2-30-16-11-9-15(10-12-16)24-20(27)18-7-3-4-8-19(18)25-21(28)22(29)26-23-14-17-6-5-13-31-17/h3-14H,2H2,1H3,(H,24,27)(H,25,28)(H,26,29). The molecule has 1 aromatic heterocycles. The number of para-hydroxylation sites is 1. The van der Waals surface area contributed by atoms with Crippen molar-refractivity contribution in [2.45, 2.75) is 6.92 Å². The Kier molecular flexibility index (Phi) is 7.15. The average Bonchev–Trinajstić information content (AvgIpc) is 3.29. The van der Waals surface area contributed by atoms with Gasteiger partial charge in [0.2, 0.25) is 0 Å². The van der Waals surface area contributed by atoms with Crippen LogP contribution in [0, 0.1) is 0 Å². The molecule has 0 aliphatic heterocycles. The van der Waals surface area contributed by atoms with Gasteiger partial charge in [0, 0.05) is 5.69 Å². The summed E-state index contributed by atoms with van der Waals surface area (Å²) in [6.45, 7) is 2.42. The number of benzene rings is 2. The summed E-state index contributed by atoms with van der Waals surface area (Å²) in [7, 11) is 0. The number of amides is 3. The number of carbonyl (C=O) groups excluding carboxylic acids is 3. The number of hydrogen-bond acceptors (Lipinski definition) is 6. The predicted molar refractivity (Wildman–Crippen MR) is 115 cm³/mol. The number of hydrogen-bond donors (Lipinski definition) is 3. The van der Waals surface area contributed by atoms with Crippen LogP contribution in [0.4, 0.5) is 11.4 Å². The molecule has 0 atom stereocenters. The van der Waals surface area contributed by atoms with Crippen molar-refractivity contribution in [2.24, 2.45) is 5.10 Å². The highest BCUT2D eigenvalue weighted by molar-refractivity contribution is 6.40. The molecule has 0 fully saturated rings. The molecule has 9 nitrogen and oxygen atoms in total. The SMILES string of the molecule is CCOc1ccc(NC(=O)c2ccccc2NC(=O)C(=O)NN=Cc2ccco2)cc1. The van der Waals surface area contributed by atoms with Crippen molar-refractivity contribution in [3.8, 4) is 5.75 Å². The van der Waals surface area contributed by atoms with Gasteiger partial charge in [-0.05, 0) is 55.5 Å². The maximum absolute atomic E-state index is 12.7. The zero-order valence-corrected chi connectivity index (χ0v) is 16.6. The Bertz CT molecular complexity index is 1080. The molecule has 0 saturated heterocycles. The van der Waals surface area contributed by atoms with Crippen LogP contribution in [-0.2, 0) is 9.59 Å². The summed E-state index contributed by atoms with van der Waals surface area (Å²) in [6, 6.07) is 16.5. The van der Waals surface area contributed by atoms with Crippen molar-refractivity contribution in [2.75, 3.05) is 17.2 Å². The zero-order valence-electron chi connectivity index (χ0n) is 16.6. The summed E-state index contributed by atoms with van der Waals surface area (Å²) < 4.78 is 10.4. The maximum Gasteiger partial charge on any atom is 0.329 e. The highest BCUT2D eigenvalue weighted by atomic mass is 16.5. The lowest BCUT2D eigenvalue weighted by Crippen LogP contribution is -2.33. The monoisotopic (exact) mass is 420 g/mol. The Labute approximate surface area is 178 Å². The van der Waals surface area contributed by atoms with Crippen molar-refractivity contribution in [3.63, 3.8) is 0 Å². The van der Waals surface area contributed by atoms with Gasteiger partial charge >= 0.3 is 11.8 Å². The van der Waals surface area contributed by atoms with Crippen molar-refractivity contribution in [1.82, 2.24) is 5.43 Å². The van der Waals surface area contributed by atoms with Crippen LogP contribution >= 0.6 is 0 Å². The molecule has 1 heterocycles. The molecule has 3 rings (SSSR count). The lowest BCUT2D eigenvalue weighted by molar-refractivity contribution is -0.136. The summed E-state index contributed by atoms with van der Waals surface area (Å²) >= 11 is 0. The first-order valence-corrected chi connectivity index (χ1v) is 9.38. The molecule has 0 radical (unpaired) electrons. The van der Waals surface area contributed by atoms with Crippen LogP contribution in [0.3, 0.4) is 0 Å². The summed E-state index contributed by atoms with van der Waals surface area (Å²) in [5, 5.41) is 8.80. The molecule has 3 amide bonds. The summed E-state index contributed by atoms with van der Waals surface area (Å²) in [5.41, 5.74) is 3.02. The first kappa shape index (κ1) is 21.3. The number of ether oxygens (including phenoxy) is 1. The Morgan fingerprint density at radius 3 is 2.45 bits per heavy atom. The second kappa shape index (κ2) is 10.4. The van der Waals surface area contributed by atoms with Crippen LogP contribution < -0.4 is 20.8 Å². The fourth-order valence-corrected chi connectivity index (χ4v) is 2.54. The van der Waals surface area contributed by atoms with Crippen molar-refractivity contribution < 1.29 is 23.5 Å². The van der Waals surface area contributed by atoms with Gasteiger partial charge in [-0.3, -0.25) is 14.4 Å². The van der Waals surface area contributed by atoms with E-state index in [-0.39, 0.29) is 11.3 Å². The summed E-state index contributed by atoms with van der Waals surface area (Å²) in [6.07, 6.45) is 2.70. The topological polar surface area (TPSA) is 122 Å². The van der Waals surface area contributed by atoms with E-state index in [2.05, 4.69) is 21.2 Å². The fourth-order valence-electron chi connectivity index (χ4n) is 2.54. The molecule has 3 N–H and O–H groups in total. The van der Waals surface area contributed by atoms with Crippen LogP contribution in [0.25, 0.3) is 0 Å². The van der Waals surface area contributed by atoms with E-state index in [0.29, 0.717) is 23.8 Å². The van der Waals surface area contributed by atoms with E-state index in [1.54, 1.807) is 48.5 Å². The van der Waals surface area contributed by atoms with Gasteiger partial charge in [0.05, 0.1) is 30.3 Å². The van der Waals surface area contributed by atoms with E-state index in [0.717, 1.165) is 0 Å². The molecule has 3 aromatic rings. The molecular weight excluding hydrogens is 400 g/mol. The minimum atomic E-state index is -0.996. The molecule has 0 aliphatic rings. The molecule has 0 spiro atoms. The first-order chi connectivity index (χ1) is 15.1. The molecule has 158 valence electrons. The molecule has 0 unspecified atom stereocenters. The zero-order chi connectivity index (χ0) is 22.1. The lowest BCUT2D eigenvalue weighted by Gasteiger charge is -2.11. The smallest absolute Gasteiger partial charge is 0.329 e. The first-order valence-electron chi connectivity index (χ1n) is 9.38. The third kappa shape index (κ3) is 6.04. The predicted octanol–water partition coefficient (Wildman–Crippen LogP) is 3.02. The number of rotatable bonds is 7. The van der Waals surface area contributed by atoms with Crippen molar-refractivity contribution >= 4 is 35.3 Å². The fraction of sp³-hybridized carbons (Fsp3) is 0.0909. The second-order valence-electron chi connectivity index (χ2n) is 6.13. The van der Waals surface area contributed by atoms with Gasteiger partial charge in [-0.25, -0.2) is 5.43 Å². The Morgan fingerprint density at radius 1 is 0.968 bits per heavy atom. The lowest BCUT2D eigenvalue weighted by atomic mass is 10.1. The van der Waals surface area contributed by atoms with E-state index >= 15 is 0 Å². The number of nitrogens with one attached hydrogen (secondary N) is 3. The molecule has 9 heteroatoms. The maximum atomic E-state index is 12.7. The van der Waals surface area contributed by atoms with Gasteiger partial charge in [-0.1, -0.05) is 12.1 Å². The average molecular weight is 420 g/mol. The van der Waals surface area contributed by atoms with E-state index in [9.17, 15) is 14.4 Å². The van der Waals surface area contributed by atoms with E-state index in [1.807, 2.05) is 6.92 Å². The minimum Gasteiger partial charge on any atom is -0.494 e. The third-order valence-corrected chi connectivity index (χ3v) is 3.95. The van der Waals surface area contributed by atoms with Gasteiger partial charge in [-0.15, -0.1) is 0 Å². The number of anilines is 2. The van der Waals surface area contributed by atoms with Crippen LogP contribution in [0.2, 0.25) is 0 Å². The van der Waals surface area contributed by atoms with Crippen molar-refractivity contribution in [1.29, 1.82) is 0 Å². The van der Waals surface area contributed by atoms with Crippen molar-refractivity contribution in [3.05, 3.63) is 78.3 Å². The van der Waals surface area contributed by atoms with Crippen LogP contribution in [-0.4, -0.2) is 30.5 Å². The van der Waals surface area contributed by atoms with Gasteiger partial charge in [-0.2, -0.15) is 5.10 Å². The summed E-state index contributed by atoms with van der Waals surface area (Å²) in [4.78, 5) is 36.8. The largest absolute Gasteiger partial charge is 0.494 e. The van der Waals surface area contributed by atoms with Crippen LogP contribution in [0.15, 0.2) is 76.4 Å². The number of furan rings is 1. The quantitative estimate of drug-likeness (QED) is 0.308. The molecular formula is C22H20N4O5. The Balaban J connectivity index is 1.62. The van der Waals surface area contributed by atoms with Gasteiger partial charge in [0.25, 0.3) is 5.91 Å². The highest BCUT2D eigenvalue weighted by Crippen LogP contribution is 2.19. The second-order valence-corrected chi connectivity index (χ2v) is 6.13. The molecule has 31 heavy (non-hydrogen) atoms. The number of hydrazone groups is 1. The Morgan fingerprint density at radius 2 is 1.74 bits per heavy atom. The molecule has 2 aromatic carbocycles. The van der Waals surface area contributed by atoms with Gasteiger partial charge in [0.15, 0.2) is 0 Å². The highest BCUT2D eigenvalue weighted by Gasteiger charge is 2.17. The molecule has 0 bridgehead atoms. The number of nitrogens with zero attached hydrogens (tertiary/aromatic N) is 1. The van der Waals surface area contributed by atoms with E-state index < -0.39 is 17.7 Å². The van der Waals surface area contributed by atoms with Gasteiger partial charge < -0.3 is 19.8 Å². The van der Waals surface area contributed by atoms with E-state index in [1.165, 1.54) is 24.6 Å². The normalized spacial score (nSPS) is 10.5.